The molecule has 0 amide bonds. The first-order chi connectivity index (χ1) is 14.8. The molecule has 5 nitrogen and oxygen atoms in total. The Morgan fingerprint density at radius 3 is 2.29 bits per heavy atom. The molecular weight excluding hydrogens is 388 g/mol. The number of aliphatic hydroxyl groups is 2. The highest BCUT2D eigenvalue weighted by molar-refractivity contribution is 4.85. The number of unbranched alkanes of at least 4 members (excludes halogenated alkanes) is 2. The van der Waals surface area contributed by atoms with Gasteiger partial charge < -0.3 is 20.7 Å². The number of aliphatic hydroxyl groups excluding tert-OH is 1. The number of nitrogens with two attached hydrogens (primary N) is 1. The Kier molecular flexibility index (Phi) is 15.3. The molecule has 5 heteroatoms. The molecule has 0 aromatic carbocycles. The molecule has 1 aliphatic rings. The minimum absolute atomic E-state index is 0.0428. The van der Waals surface area contributed by atoms with E-state index in [0.717, 1.165) is 32.3 Å². The molecule has 0 spiro atoms. The lowest BCUT2D eigenvalue weighted by Gasteiger charge is -2.43. The molecule has 31 heavy (non-hydrogen) atoms. The molecule has 1 fully saturated rings. The van der Waals surface area contributed by atoms with Gasteiger partial charge in [0.2, 0.25) is 0 Å². The number of methoxy groups -OCH3 is 1. The number of ether oxygens (including phenoxy) is 1. The topological polar surface area (TPSA) is 79.0 Å². The van der Waals surface area contributed by atoms with Crippen molar-refractivity contribution < 1.29 is 14.9 Å². The summed E-state index contributed by atoms with van der Waals surface area (Å²) in [4.78, 5) is 2.46. The van der Waals surface area contributed by atoms with E-state index in [1.807, 2.05) is 6.92 Å². The van der Waals surface area contributed by atoms with Gasteiger partial charge in [-0.05, 0) is 63.3 Å². The fourth-order valence-electron chi connectivity index (χ4n) is 5.40. The van der Waals surface area contributed by atoms with Gasteiger partial charge in [-0.2, -0.15) is 0 Å². The Morgan fingerprint density at radius 2 is 1.65 bits per heavy atom. The van der Waals surface area contributed by atoms with Crippen LogP contribution in [0.2, 0.25) is 0 Å². The Hall–Kier alpha value is -0.200. The van der Waals surface area contributed by atoms with Crippen LogP contribution in [-0.4, -0.2) is 54.4 Å². The average Bonchev–Trinajstić information content (AvgIpc) is 2.75. The molecule has 1 aliphatic heterocycles. The highest BCUT2D eigenvalue weighted by atomic mass is 16.5. The summed E-state index contributed by atoms with van der Waals surface area (Å²) < 4.78 is 5.35. The van der Waals surface area contributed by atoms with Crippen LogP contribution in [0.15, 0.2) is 0 Å². The van der Waals surface area contributed by atoms with Crippen LogP contribution in [0.3, 0.4) is 0 Å². The predicted molar refractivity (Wildman–Crippen MR) is 131 cm³/mol. The average molecular weight is 443 g/mol. The van der Waals surface area contributed by atoms with Crippen molar-refractivity contribution in [1.29, 1.82) is 0 Å². The van der Waals surface area contributed by atoms with Crippen LogP contribution in [0.4, 0.5) is 0 Å². The van der Waals surface area contributed by atoms with Crippen molar-refractivity contribution in [2.75, 3.05) is 20.8 Å². The first-order valence-electron chi connectivity index (χ1n) is 13.1. The third-order valence-corrected chi connectivity index (χ3v) is 8.02. The van der Waals surface area contributed by atoms with Crippen LogP contribution in [0, 0.1) is 23.7 Å². The van der Waals surface area contributed by atoms with Gasteiger partial charge >= 0.3 is 0 Å². The number of rotatable bonds is 17. The van der Waals surface area contributed by atoms with E-state index in [4.69, 9.17) is 10.5 Å². The van der Waals surface area contributed by atoms with E-state index in [0.29, 0.717) is 23.8 Å². The number of hydrogen-bond acceptors (Lipinski definition) is 5. The maximum Gasteiger partial charge on any atom is 0.154 e. The smallest absolute Gasteiger partial charge is 0.154 e. The van der Waals surface area contributed by atoms with E-state index in [1.54, 1.807) is 7.11 Å². The zero-order chi connectivity index (χ0) is 23.2. The summed E-state index contributed by atoms with van der Waals surface area (Å²) in [5.74, 6) is 1.98. The van der Waals surface area contributed by atoms with Crippen LogP contribution < -0.4 is 5.73 Å². The van der Waals surface area contributed by atoms with Gasteiger partial charge in [0.05, 0.1) is 6.17 Å². The molecule has 0 aliphatic carbocycles. The van der Waals surface area contributed by atoms with Crippen molar-refractivity contribution in [3.63, 3.8) is 0 Å². The van der Waals surface area contributed by atoms with E-state index < -0.39 is 6.29 Å². The number of piperidine rings is 1. The SMILES string of the molecule is CCCCC1CCC(CCCCC(C)C(CCCC(C)C(O)O)CCOC)N(C)C1N. The fourth-order valence-corrected chi connectivity index (χ4v) is 5.40. The Bertz CT molecular complexity index is 435. The summed E-state index contributed by atoms with van der Waals surface area (Å²) >= 11 is 0. The zero-order valence-electron chi connectivity index (χ0n) is 21.3. The second kappa shape index (κ2) is 16.4. The molecule has 0 radical (unpaired) electrons. The second-order valence-corrected chi connectivity index (χ2v) is 10.4. The zero-order valence-corrected chi connectivity index (χ0v) is 21.3. The van der Waals surface area contributed by atoms with Gasteiger partial charge in [0.15, 0.2) is 6.29 Å². The normalized spacial score (nSPS) is 25.6. The Labute approximate surface area is 193 Å². The summed E-state index contributed by atoms with van der Waals surface area (Å²) in [7, 11) is 4.02. The maximum atomic E-state index is 9.30. The van der Waals surface area contributed by atoms with Crippen molar-refractivity contribution in [3.8, 4) is 0 Å². The molecule has 0 bridgehead atoms. The lowest BCUT2D eigenvalue weighted by molar-refractivity contribution is -0.0811. The second-order valence-electron chi connectivity index (χ2n) is 10.4. The minimum Gasteiger partial charge on any atom is -0.385 e. The molecule has 0 saturated carbocycles. The summed E-state index contributed by atoms with van der Waals surface area (Å²) in [5.41, 5.74) is 6.56. The van der Waals surface area contributed by atoms with Gasteiger partial charge in [0, 0.05) is 25.7 Å². The predicted octanol–water partition coefficient (Wildman–Crippen LogP) is 5.14. The lowest BCUT2D eigenvalue weighted by Crippen LogP contribution is -2.53. The molecule has 0 aromatic heterocycles. The first-order valence-corrected chi connectivity index (χ1v) is 13.1. The van der Waals surface area contributed by atoms with E-state index >= 15 is 0 Å². The summed E-state index contributed by atoms with van der Waals surface area (Å²) in [6.07, 6.45) is 14.8. The van der Waals surface area contributed by atoms with Crippen molar-refractivity contribution in [2.24, 2.45) is 29.4 Å². The fraction of sp³-hybridized carbons (Fsp3) is 1.00. The largest absolute Gasteiger partial charge is 0.385 e. The molecule has 4 N–H and O–H groups in total. The van der Waals surface area contributed by atoms with Gasteiger partial charge in [-0.3, -0.25) is 4.90 Å². The highest BCUT2D eigenvalue weighted by Gasteiger charge is 2.31. The van der Waals surface area contributed by atoms with Crippen LogP contribution in [-0.2, 0) is 4.74 Å². The van der Waals surface area contributed by atoms with Crippen molar-refractivity contribution >= 4 is 0 Å². The van der Waals surface area contributed by atoms with E-state index in [9.17, 15) is 10.2 Å². The highest BCUT2D eigenvalue weighted by Crippen LogP contribution is 2.32. The molecule has 1 rings (SSSR count). The molecule has 6 atom stereocenters. The van der Waals surface area contributed by atoms with E-state index in [-0.39, 0.29) is 12.1 Å². The van der Waals surface area contributed by atoms with Crippen LogP contribution in [0.1, 0.15) is 104 Å². The first kappa shape index (κ1) is 28.8. The van der Waals surface area contributed by atoms with Crippen molar-refractivity contribution in [3.05, 3.63) is 0 Å². The molecule has 1 heterocycles. The van der Waals surface area contributed by atoms with Gasteiger partial charge in [-0.1, -0.05) is 65.7 Å². The van der Waals surface area contributed by atoms with Crippen LogP contribution in [0.5, 0.6) is 0 Å². The molecule has 6 unspecified atom stereocenters. The van der Waals surface area contributed by atoms with Gasteiger partial charge in [-0.15, -0.1) is 0 Å². The maximum absolute atomic E-state index is 9.30. The lowest BCUT2D eigenvalue weighted by atomic mass is 9.82. The molecule has 0 aromatic rings. The Balaban J connectivity index is 2.34. The van der Waals surface area contributed by atoms with Crippen LogP contribution in [0.25, 0.3) is 0 Å². The van der Waals surface area contributed by atoms with Crippen LogP contribution >= 0.6 is 0 Å². The van der Waals surface area contributed by atoms with Gasteiger partial charge in [-0.25, -0.2) is 0 Å². The molecule has 1 saturated heterocycles. The standard InChI is InChI=1S/C26H54N2O3/c1-6-7-13-23-16-17-24(28(4)25(23)27)15-9-8-11-20(2)22(18-19-31-5)14-10-12-21(3)26(29)30/h20-26,29-30H,6-19,27H2,1-5H3. The van der Waals surface area contributed by atoms with Gasteiger partial charge in [0.25, 0.3) is 0 Å². The number of hydrogen-bond donors (Lipinski definition) is 3. The van der Waals surface area contributed by atoms with Crippen molar-refractivity contribution in [2.45, 2.75) is 123 Å². The number of nitrogens with zero attached hydrogens (tertiary/aromatic N) is 1. The quantitative estimate of drug-likeness (QED) is 0.215. The van der Waals surface area contributed by atoms with Gasteiger partial charge in [0.1, 0.15) is 0 Å². The Morgan fingerprint density at radius 1 is 0.935 bits per heavy atom. The monoisotopic (exact) mass is 442 g/mol. The minimum atomic E-state index is -1.19. The summed E-state index contributed by atoms with van der Waals surface area (Å²) in [6.45, 7) is 7.39. The van der Waals surface area contributed by atoms with Crippen molar-refractivity contribution in [1.82, 2.24) is 4.90 Å². The summed E-state index contributed by atoms with van der Waals surface area (Å²) in [6, 6.07) is 0.652. The summed E-state index contributed by atoms with van der Waals surface area (Å²) in [5, 5.41) is 18.6. The molecular formula is C26H54N2O3. The third kappa shape index (κ3) is 11.0. The van der Waals surface area contributed by atoms with E-state index in [2.05, 4.69) is 25.8 Å². The van der Waals surface area contributed by atoms with E-state index in [1.165, 1.54) is 57.8 Å². The molecule has 186 valence electrons. The number of likely N-dealkylation sites (tertiary alicyclic amines) is 1. The third-order valence-electron chi connectivity index (χ3n) is 8.02.